The molecule has 0 saturated heterocycles. The zero-order chi connectivity index (χ0) is 21.6. The molecule has 0 unspecified atom stereocenters. The van der Waals surface area contributed by atoms with Gasteiger partial charge in [0.2, 0.25) is 17.2 Å². The van der Waals surface area contributed by atoms with E-state index in [-0.39, 0.29) is 36.8 Å². The lowest BCUT2D eigenvalue weighted by Gasteiger charge is -2.10. The number of para-hydroxylation sites is 1. The molecular formula is C21H19N7O3. The molecule has 156 valence electrons. The summed E-state index contributed by atoms with van der Waals surface area (Å²) < 4.78 is 3.21. The Balaban J connectivity index is 1.27. The Bertz CT molecular complexity index is 1260. The SMILES string of the molecule is O=C(CCn1ncc(=O)c2ccccc21)NCC(=O)Nc1ccc(-n2cncn2)cc1. The molecule has 0 saturated carbocycles. The minimum absolute atomic E-state index is 0.125. The van der Waals surface area contributed by atoms with Gasteiger partial charge in [-0.05, 0) is 36.4 Å². The van der Waals surface area contributed by atoms with Gasteiger partial charge in [0.05, 0.1) is 30.5 Å². The fourth-order valence-electron chi connectivity index (χ4n) is 3.06. The molecule has 4 rings (SSSR count). The van der Waals surface area contributed by atoms with Gasteiger partial charge in [0, 0.05) is 17.5 Å². The summed E-state index contributed by atoms with van der Waals surface area (Å²) in [6.07, 6.45) is 4.38. The highest BCUT2D eigenvalue weighted by Crippen LogP contribution is 2.12. The monoisotopic (exact) mass is 417 g/mol. The van der Waals surface area contributed by atoms with Gasteiger partial charge in [0.25, 0.3) is 0 Å². The van der Waals surface area contributed by atoms with Crippen molar-refractivity contribution in [3.8, 4) is 5.69 Å². The average Bonchev–Trinajstić information content (AvgIpc) is 3.33. The quantitative estimate of drug-likeness (QED) is 0.464. The fraction of sp³-hybridized carbons (Fsp3) is 0.143. The third-order valence-corrected chi connectivity index (χ3v) is 4.59. The van der Waals surface area contributed by atoms with Crippen LogP contribution in [0.15, 0.2) is 72.2 Å². The highest BCUT2D eigenvalue weighted by atomic mass is 16.2. The molecule has 2 amide bonds. The van der Waals surface area contributed by atoms with Gasteiger partial charge >= 0.3 is 0 Å². The second-order valence-electron chi connectivity index (χ2n) is 6.71. The first kappa shape index (κ1) is 20.0. The van der Waals surface area contributed by atoms with Crippen LogP contribution in [-0.4, -0.2) is 42.9 Å². The summed E-state index contributed by atoms with van der Waals surface area (Å²) in [7, 11) is 0. The van der Waals surface area contributed by atoms with Gasteiger partial charge in [-0.15, -0.1) is 0 Å². The molecular weight excluding hydrogens is 398 g/mol. The third-order valence-electron chi connectivity index (χ3n) is 4.59. The molecule has 0 spiro atoms. The molecule has 2 N–H and O–H groups in total. The number of nitrogens with zero attached hydrogens (tertiary/aromatic N) is 5. The smallest absolute Gasteiger partial charge is 0.243 e. The molecule has 0 atom stereocenters. The Morgan fingerprint density at radius 2 is 1.77 bits per heavy atom. The third kappa shape index (κ3) is 4.81. The van der Waals surface area contributed by atoms with Crippen molar-refractivity contribution in [1.82, 2.24) is 29.9 Å². The maximum absolute atomic E-state index is 12.1. The molecule has 0 fully saturated rings. The van der Waals surface area contributed by atoms with Crippen LogP contribution in [0.5, 0.6) is 0 Å². The number of fused-ring (bicyclic) bond motifs is 1. The van der Waals surface area contributed by atoms with Crippen LogP contribution in [0.4, 0.5) is 5.69 Å². The molecule has 4 aromatic rings. The number of aromatic nitrogens is 5. The molecule has 0 aliphatic heterocycles. The number of aryl methyl sites for hydroxylation is 1. The number of benzene rings is 2. The topological polar surface area (TPSA) is 124 Å². The van der Waals surface area contributed by atoms with Crippen LogP contribution >= 0.6 is 0 Å². The molecule has 2 heterocycles. The maximum atomic E-state index is 12.1. The van der Waals surface area contributed by atoms with Crippen molar-refractivity contribution in [2.24, 2.45) is 0 Å². The number of rotatable bonds is 7. The van der Waals surface area contributed by atoms with Crippen molar-refractivity contribution >= 4 is 28.4 Å². The van der Waals surface area contributed by atoms with Crippen molar-refractivity contribution < 1.29 is 9.59 Å². The van der Waals surface area contributed by atoms with E-state index in [0.29, 0.717) is 16.6 Å². The molecule has 0 aliphatic carbocycles. The lowest BCUT2D eigenvalue weighted by Crippen LogP contribution is -2.33. The minimum atomic E-state index is -0.339. The lowest BCUT2D eigenvalue weighted by atomic mass is 10.2. The largest absolute Gasteiger partial charge is 0.347 e. The van der Waals surface area contributed by atoms with Crippen molar-refractivity contribution in [1.29, 1.82) is 0 Å². The number of hydrogen-bond donors (Lipinski definition) is 2. The summed E-state index contributed by atoms with van der Waals surface area (Å²) in [5.41, 5.74) is 1.91. The second kappa shape index (κ2) is 8.99. The highest BCUT2D eigenvalue weighted by molar-refractivity contribution is 5.94. The van der Waals surface area contributed by atoms with Gasteiger partial charge in [-0.2, -0.15) is 10.2 Å². The number of carbonyl (C=O) groups is 2. The van der Waals surface area contributed by atoms with Crippen LogP contribution in [0.1, 0.15) is 6.42 Å². The second-order valence-corrected chi connectivity index (χ2v) is 6.71. The lowest BCUT2D eigenvalue weighted by molar-refractivity contribution is -0.124. The molecule has 10 heteroatoms. The highest BCUT2D eigenvalue weighted by Gasteiger charge is 2.09. The summed E-state index contributed by atoms with van der Waals surface area (Å²) in [5.74, 6) is -0.630. The van der Waals surface area contributed by atoms with E-state index in [0.717, 1.165) is 5.69 Å². The molecule has 31 heavy (non-hydrogen) atoms. The zero-order valence-electron chi connectivity index (χ0n) is 16.4. The number of nitrogens with one attached hydrogen (secondary N) is 2. The van der Waals surface area contributed by atoms with Crippen LogP contribution in [0, 0.1) is 0 Å². The van der Waals surface area contributed by atoms with E-state index in [1.165, 1.54) is 12.5 Å². The number of hydrogen-bond acceptors (Lipinski definition) is 6. The molecule has 2 aromatic heterocycles. The standard InChI is InChI=1S/C21H19N7O3/c29-19-11-24-27(18-4-2-1-3-17(18)19)10-9-20(30)23-12-21(31)26-15-5-7-16(8-6-15)28-14-22-13-25-28/h1-8,11,13-14H,9-10,12H2,(H,23,30)(H,26,31). The summed E-state index contributed by atoms with van der Waals surface area (Å²) in [5, 5.41) is 14.0. The van der Waals surface area contributed by atoms with E-state index < -0.39 is 0 Å². The number of amides is 2. The predicted octanol–water partition coefficient (Wildman–Crippen LogP) is 1.12. The van der Waals surface area contributed by atoms with Gasteiger partial charge < -0.3 is 10.6 Å². The minimum Gasteiger partial charge on any atom is -0.347 e. The summed E-state index contributed by atoms with van der Waals surface area (Å²) in [4.78, 5) is 40.0. The van der Waals surface area contributed by atoms with Crippen LogP contribution in [0.25, 0.3) is 16.6 Å². The van der Waals surface area contributed by atoms with Crippen molar-refractivity contribution in [2.75, 3.05) is 11.9 Å². The first-order valence-corrected chi connectivity index (χ1v) is 9.56. The summed E-state index contributed by atoms with van der Waals surface area (Å²) in [6, 6.07) is 14.2. The average molecular weight is 417 g/mol. The Morgan fingerprint density at radius 1 is 0.968 bits per heavy atom. The Labute approximate surface area is 176 Å². The van der Waals surface area contributed by atoms with E-state index in [1.54, 1.807) is 58.2 Å². The summed E-state index contributed by atoms with van der Waals surface area (Å²) in [6.45, 7) is 0.139. The molecule has 10 nitrogen and oxygen atoms in total. The van der Waals surface area contributed by atoms with E-state index in [1.807, 2.05) is 6.07 Å². The molecule has 2 aromatic carbocycles. The van der Waals surface area contributed by atoms with Crippen molar-refractivity contribution in [3.05, 3.63) is 77.6 Å². The van der Waals surface area contributed by atoms with Crippen molar-refractivity contribution in [3.63, 3.8) is 0 Å². The fourth-order valence-corrected chi connectivity index (χ4v) is 3.06. The van der Waals surface area contributed by atoms with Crippen molar-refractivity contribution in [2.45, 2.75) is 13.0 Å². The first-order chi connectivity index (χ1) is 15.1. The number of anilines is 1. The number of carbonyl (C=O) groups excluding carboxylic acids is 2. The van der Waals surface area contributed by atoms with Gasteiger partial charge in [0.1, 0.15) is 12.7 Å². The zero-order valence-corrected chi connectivity index (χ0v) is 16.4. The first-order valence-electron chi connectivity index (χ1n) is 9.56. The van der Waals surface area contributed by atoms with E-state index in [2.05, 4.69) is 25.8 Å². The van der Waals surface area contributed by atoms with Gasteiger partial charge in [-0.3, -0.25) is 19.1 Å². The van der Waals surface area contributed by atoms with Crippen LogP contribution in [0.2, 0.25) is 0 Å². The van der Waals surface area contributed by atoms with Crippen LogP contribution < -0.4 is 16.1 Å². The van der Waals surface area contributed by atoms with Crippen LogP contribution in [0.3, 0.4) is 0 Å². The maximum Gasteiger partial charge on any atom is 0.243 e. The van der Waals surface area contributed by atoms with E-state index >= 15 is 0 Å². The predicted molar refractivity (Wildman–Crippen MR) is 114 cm³/mol. The normalized spacial score (nSPS) is 10.7. The van der Waals surface area contributed by atoms with Gasteiger partial charge in [-0.25, -0.2) is 9.67 Å². The van der Waals surface area contributed by atoms with E-state index in [9.17, 15) is 14.4 Å². The molecule has 0 bridgehead atoms. The van der Waals surface area contributed by atoms with Crippen LogP contribution in [-0.2, 0) is 16.1 Å². The van der Waals surface area contributed by atoms with Gasteiger partial charge in [0.15, 0.2) is 0 Å². The Hall–Kier alpha value is -4.34. The van der Waals surface area contributed by atoms with E-state index in [4.69, 9.17) is 0 Å². The Kier molecular flexibility index (Phi) is 5.79. The summed E-state index contributed by atoms with van der Waals surface area (Å²) >= 11 is 0. The van der Waals surface area contributed by atoms with Gasteiger partial charge in [-0.1, -0.05) is 12.1 Å². The molecule has 0 radical (unpaired) electrons. The molecule has 0 aliphatic rings. The Morgan fingerprint density at radius 3 is 2.55 bits per heavy atom.